The van der Waals surface area contributed by atoms with Gasteiger partial charge in [0.1, 0.15) is 0 Å². The van der Waals surface area contributed by atoms with Crippen LogP contribution in [0.3, 0.4) is 0 Å². The van der Waals surface area contributed by atoms with Crippen LogP contribution in [-0.4, -0.2) is 28.3 Å². The zero-order chi connectivity index (χ0) is 15.4. The maximum absolute atomic E-state index is 10.5. The minimum atomic E-state index is -1.36. The van der Waals surface area contributed by atoms with E-state index in [0.29, 0.717) is 11.6 Å². The molecule has 6 nitrogen and oxygen atoms in total. The molecule has 2 aromatic heterocycles. The van der Waals surface area contributed by atoms with E-state index in [4.69, 9.17) is 9.84 Å². The number of methoxy groups -OCH3 is 1. The number of aromatic nitrogens is 2. The highest BCUT2D eigenvalue weighted by Crippen LogP contribution is 2.27. The summed E-state index contributed by atoms with van der Waals surface area (Å²) >= 11 is 0. The van der Waals surface area contributed by atoms with E-state index in [-0.39, 0.29) is 5.75 Å². The Kier molecular flexibility index (Phi) is 4.37. The quantitative estimate of drug-likeness (QED) is 0.871. The normalized spacial score (nSPS) is 10.2. The van der Waals surface area contributed by atoms with Gasteiger partial charge in [-0.25, -0.2) is 9.78 Å². The highest BCUT2D eigenvalue weighted by atomic mass is 16.7. The molecule has 0 saturated heterocycles. The van der Waals surface area contributed by atoms with Crippen molar-refractivity contribution in [1.82, 2.24) is 9.97 Å². The van der Waals surface area contributed by atoms with Gasteiger partial charge >= 0.3 is 6.16 Å². The fourth-order valence-electron chi connectivity index (χ4n) is 2.01. The second kappa shape index (κ2) is 6.21. The summed E-state index contributed by atoms with van der Waals surface area (Å²) in [6.07, 6.45) is 0.808. The van der Waals surface area contributed by atoms with Gasteiger partial charge in [-0.2, -0.15) is 0 Å². The molecule has 0 spiro atoms. The van der Waals surface area contributed by atoms with Crippen LogP contribution in [0.2, 0.25) is 0 Å². The summed E-state index contributed by atoms with van der Waals surface area (Å²) in [7, 11) is 1.59. The average molecular weight is 288 g/mol. The molecule has 0 bridgehead atoms. The summed E-state index contributed by atoms with van der Waals surface area (Å²) in [5, 5.41) is 8.55. The molecule has 0 radical (unpaired) electrons. The predicted octanol–water partition coefficient (Wildman–Crippen LogP) is 3.08. The van der Waals surface area contributed by atoms with Gasteiger partial charge in [-0.1, -0.05) is 6.92 Å². The molecular weight excluding hydrogens is 272 g/mol. The first-order valence-electron chi connectivity index (χ1n) is 6.46. The highest BCUT2D eigenvalue weighted by molar-refractivity contribution is 5.65. The van der Waals surface area contributed by atoms with Gasteiger partial charge in [-0.15, -0.1) is 0 Å². The molecule has 110 valence electrons. The number of carbonyl (C=O) groups is 1. The van der Waals surface area contributed by atoms with Gasteiger partial charge in [-0.05, 0) is 31.5 Å². The van der Waals surface area contributed by atoms with Crippen molar-refractivity contribution in [3.05, 3.63) is 35.7 Å². The fourth-order valence-corrected chi connectivity index (χ4v) is 2.01. The van der Waals surface area contributed by atoms with Crippen molar-refractivity contribution in [2.24, 2.45) is 0 Å². The first-order valence-corrected chi connectivity index (χ1v) is 6.46. The van der Waals surface area contributed by atoms with Crippen LogP contribution in [-0.2, 0) is 6.42 Å². The van der Waals surface area contributed by atoms with Gasteiger partial charge in [0, 0.05) is 11.1 Å². The molecule has 0 aliphatic heterocycles. The highest BCUT2D eigenvalue weighted by Gasteiger charge is 2.11. The minimum Gasteiger partial charge on any atom is -0.481 e. The standard InChI is InChI=1S/C15H16N2O4/c1-4-10-7-12(9(2)17-14(10)20-3)13-6-5-11(8-16-13)21-15(18)19/h5-8H,4H2,1-3H3,(H,18,19). The molecule has 0 atom stereocenters. The Balaban J connectivity index is 2.39. The summed E-state index contributed by atoms with van der Waals surface area (Å²) in [6.45, 7) is 3.90. The lowest BCUT2D eigenvalue weighted by atomic mass is 10.1. The number of rotatable bonds is 4. The molecule has 0 saturated carbocycles. The molecule has 0 aliphatic carbocycles. The monoisotopic (exact) mass is 288 g/mol. The van der Waals surface area contributed by atoms with Crippen molar-refractivity contribution in [2.75, 3.05) is 7.11 Å². The van der Waals surface area contributed by atoms with Crippen LogP contribution in [0, 0.1) is 6.92 Å². The van der Waals surface area contributed by atoms with E-state index < -0.39 is 6.16 Å². The van der Waals surface area contributed by atoms with E-state index in [9.17, 15) is 4.79 Å². The van der Waals surface area contributed by atoms with E-state index >= 15 is 0 Å². The van der Waals surface area contributed by atoms with Crippen LogP contribution >= 0.6 is 0 Å². The number of ether oxygens (including phenoxy) is 2. The third-order valence-electron chi connectivity index (χ3n) is 3.04. The first kappa shape index (κ1) is 14.8. The van der Waals surface area contributed by atoms with E-state index in [1.165, 1.54) is 6.20 Å². The molecular formula is C15H16N2O4. The summed E-state index contributed by atoms with van der Waals surface area (Å²) in [5.41, 5.74) is 3.37. The maximum Gasteiger partial charge on any atom is 0.511 e. The van der Waals surface area contributed by atoms with Crippen LogP contribution in [0.5, 0.6) is 11.6 Å². The summed E-state index contributed by atoms with van der Waals surface area (Å²) in [6, 6.07) is 5.25. The number of hydrogen-bond donors (Lipinski definition) is 1. The number of hydrogen-bond acceptors (Lipinski definition) is 5. The molecule has 2 heterocycles. The Morgan fingerprint density at radius 2 is 2.14 bits per heavy atom. The van der Waals surface area contributed by atoms with Crippen molar-refractivity contribution < 1.29 is 19.4 Å². The fraction of sp³-hybridized carbons (Fsp3) is 0.267. The second-order valence-corrected chi connectivity index (χ2v) is 4.39. The molecule has 0 unspecified atom stereocenters. The van der Waals surface area contributed by atoms with Crippen molar-refractivity contribution in [3.63, 3.8) is 0 Å². The molecule has 0 fully saturated rings. The van der Waals surface area contributed by atoms with Crippen molar-refractivity contribution in [2.45, 2.75) is 20.3 Å². The topological polar surface area (TPSA) is 81.5 Å². The third kappa shape index (κ3) is 3.28. The zero-order valence-corrected chi connectivity index (χ0v) is 12.1. The van der Waals surface area contributed by atoms with Crippen LogP contribution in [0.4, 0.5) is 4.79 Å². The van der Waals surface area contributed by atoms with E-state index in [0.717, 1.165) is 23.2 Å². The lowest BCUT2D eigenvalue weighted by Gasteiger charge is -2.11. The van der Waals surface area contributed by atoms with E-state index in [1.54, 1.807) is 19.2 Å². The van der Waals surface area contributed by atoms with Gasteiger partial charge in [0.25, 0.3) is 0 Å². The molecule has 0 aromatic carbocycles. The van der Waals surface area contributed by atoms with Gasteiger partial charge in [-0.3, -0.25) is 4.98 Å². The van der Waals surface area contributed by atoms with Gasteiger partial charge < -0.3 is 14.6 Å². The van der Waals surface area contributed by atoms with Crippen LogP contribution in [0.1, 0.15) is 18.2 Å². The molecule has 0 aliphatic rings. The molecule has 6 heteroatoms. The summed E-state index contributed by atoms with van der Waals surface area (Å²) < 4.78 is 9.79. The molecule has 0 amide bonds. The lowest BCUT2D eigenvalue weighted by molar-refractivity contribution is 0.144. The third-order valence-corrected chi connectivity index (χ3v) is 3.04. The van der Waals surface area contributed by atoms with Crippen molar-refractivity contribution >= 4 is 6.16 Å². The van der Waals surface area contributed by atoms with Crippen molar-refractivity contribution in [1.29, 1.82) is 0 Å². The first-order chi connectivity index (χ1) is 10.0. The van der Waals surface area contributed by atoms with E-state index in [2.05, 4.69) is 14.7 Å². The molecule has 1 N–H and O–H groups in total. The molecule has 2 rings (SSSR count). The van der Waals surface area contributed by atoms with Crippen molar-refractivity contribution in [3.8, 4) is 22.9 Å². The predicted molar refractivity (Wildman–Crippen MR) is 76.8 cm³/mol. The van der Waals surface area contributed by atoms with Crippen LogP contribution < -0.4 is 9.47 Å². The number of aryl methyl sites for hydroxylation is 2. The Morgan fingerprint density at radius 1 is 1.38 bits per heavy atom. The number of carboxylic acid groups (broad SMARTS) is 1. The summed E-state index contributed by atoms with van der Waals surface area (Å²) in [5.74, 6) is 0.797. The SMILES string of the molecule is CCc1cc(-c2ccc(OC(=O)O)cn2)c(C)nc1OC. The maximum atomic E-state index is 10.5. The van der Waals surface area contributed by atoms with Crippen LogP contribution in [0.25, 0.3) is 11.3 Å². The summed E-state index contributed by atoms with van der Waals surface area (Å²) in [4.78, 5) is 19.1. The van der Waals surface area contributed by atoms with Crippen LogP contribution in [0.15, 0.2) is 24.4 Å². The molecule has 2 aromatic rings. The second-order valence-electron chi connectivity index (χ2n) is 4.39. The Hall–Kier alpha value is -2.63. The minimum absolute atomic E-state index is 0.182. The smallest absolute Gasteiger partial charge is 0.481 e. The van der Waals surface area contributed by atoms with Gasteiger partial charge in [0.2, 0.25) is 5.88 Å². The Labute approximate surface area is 122 Å². The van der Waals surface area contributed by atoms with E-state index in [1.807, 2.05) is 19.9 Å². The Morgan fingerprint density at radius 3 is 2.67 bits per heavy atom. The molecule has 21 heavy (non-hydrogen) atoms. The van der Waals surface area contributed by atoms with Gasteiger partial charge in [0.15, 0.2) is 5.75 Å². The Bertz CT molecular complexity index is 653. The zero-order valence-electron chi connectivity index (χ0n) is 12.1. The van der Waals surface area contributed by atoms with Gasteiger partial charge in [0.05, 0.1) is 24.7 Å². The lowest BCUT2D eigenvalue weighted by Crippen LogP contribution is -2.03. The number of nitrogens with zero attached hydrogens (tertiary/aromatic N) is 2. The largest absolute Gasteiger partial charge is 0.511 e. The average Bonchev–Trinajstić information content (AvgIpc) is 2.47. The number of pyridine rings is 2.